The summed E-state index contributed by atoms with van der Waals surface area (Å²) in [4.78, 5) is 19.6. The third-order valence-electron chi connectivity index (χ3n) is 5.77. The van der Waals surface area contributed by atoms with Gasteiger partial charge in [0.25, 0.3) is 5.56 Å². The van der Waals surface area contributed by atoms with Crippen LogP contribution >= 0.6 is 11.8 Å². The molecule has 0 saturated carbocycles. The molecule has 0 bridgehead atoms. The third kappa shape index (κ3) is 3.11. The van der Waals surface area contributed by atoms with Gasteiger partial charge < -0.3 is 4.42 Å². The standard InChI is InChI=1S/C19H24N4O2S/c24-19-9-13-12-26-8-6-15(13)21-23(19)10-14-3-2-7-22(14)11-18-20-16-4-1-5-17(16)25-18/h9,14H,1-8,10-12H2. The Morgan fingerprint density at radius 1 is 1.23 bits per heavy atom. The molecule has 1 saturated heterocycles. The lowest BCUT2D eigenvalue weighted by Crippen LogP contribution is -2.37. The van der Waals surface area contributed by atoms with Gasteiger partial charge in [0.1, 0.15) is 5.76 Å². The van der Waals surface area contributed by atoms with Crippen molar-refractivity contribution in [2.75, 3.05) is 12.3 Å². The van der Waals surface area contributed by atoms with Gasteiger partial charge in [-0.15, -0.1) is 0 Å². The molecule has 0 aromatic carbocycles. The largest absolute Gasteiger partial charge is 0.444 e. The van der Waals surface area contributed by atoms with Gasteiger partial charge in [-0.3, -0.25) is 9.69 Å². The fourth-order valence-electron chi connectivity index (χ4n) is 4.38. The van der Waals surface area contributed by atoms with E-state index in [-0.39, 0.29) is 5.56 Å². The Labute approximate surface area is 157 Å². The van der Waals surface area contributed by atoms with Crippen LogP contribution in [0, 0.1) is 0 Å². The molecule has 0 N–H and O–H groups in total. The van der Waals surface area contributed by atoms with Crippen LogP contribution in [0.2, 0.25) is 0 Å². The highest BCUT2D eigenvalue weighted by Crippen LogP contribution is 2.26. The molecule has 1 unspecified atom stereocenters. The maximum Gasteiger partial charge on any atom is 0.267 e. The van der Waals surface area contributed by atoms with E-state index in [9.17, 15) is 4.79 Å². The van der Waals surface area contributed by atoms with Gasteiger partial charge in [0.15, 0.2) is 0 Å². The molecule has 0 spiro atoms. The summed E-state index contributed by atoms with van der Waals surface area (Å²) < 4.78 is 7.63. The van der Waals surface area contributed by atoms with Crippen LogP contribution in [0.3, 0.4) is 0 Å². The van der Waals surface area contributed by atoms with Crippen LogP contribution in [0.15, 0.2) is 15.3 Å². The first-order valence-corrected chi connectivity index (χ1v) is 10.8. The zero-order valence-corrected chi connectivity index (χ0v) is 15.8. The molecule has 3 aliphatic rings. The van der Waals surface area contributed by atoms with Crippen LogP contribution in [-0.4, -0.2) is 38.0 Å². The minimum Gasteiger partial charge on any atom is -0.444 e. The smallest absolute Gasteiger partial charge is 0.267 e. The van der Waals surface area contributed by atoms with Crippen molar-refractivity contribution in [1.29, 1.82) is 0 Å². The van der Waals surface area contributed by atoms with Crippen LogP contribution in [0.5, 0.6) is 0 Å². The predicted molar refractivity (Wildman–Crippen MR) is 100 cm³/mol. The second-order valence-corrected chi connectivity index (χ2v) is 8.64. The van der Waals surface area contributed by atoms with Gasteiger partial charge in [-0.1, -0.05) is 0 Å². The summed E-state index contributed by atoms with van der Waals surface area (Å²) in [5, 5.41) is 4.68. The zero-order valence-electron chi connectivity index (χ0n) is 14.9. The van der Waals surface area contributed by atoms with Crippen molar-refractivity contribution in [3.8, 4) is 0 Å². The number of likely N-dealkylation sites (tertiary alicyclic amines) is 1. The minimum atomic E-state index is 0.0354. The van der Waals surface area contributed by atoms with Gasteiger partial charge in [-0.05, 0) is 43.5 Å². The highest BCUT2D eigenvalue weighted by atomic mass is 32.2. The van der Waals surface area contributed by atoms with Gasteiger partial charge in [0.05, 0.1) is 24.5 Å². The Hall–Kier alpha value is -1.60. The van der Waals surface area contributed by atoms with Crippen LogP contribution in [0.4, 0.5) is 0 Å². The van der Waals surface area contributed by atoms with Gasteiger partial charge in [0, 0.05) is 30.7 Å². The van der Waals surface area contributed by atoms with E-state index in [2.05, 4.69) is 15.0 Å². The van der Waals surface area contributed by atoms with E-state index in [1.54, 1.807) is 10.7 Å². The summed E-state index contributed by atoms with van der Waals surface area (Å²) in [6.07, 6.45) is 6.46. The first kappa shape index (κ1) is 16.6. The molecule has 1 fully saturated rings. The van der Waals surface area contributed by atoms with Crippen molar-refractivity contribution >= 4 is 11.8 Å². The van der Waals surface area contributed by atoms with E-state index in [0.29, 0.717) is 12.6 Å². The van der Waals surface area contributed by atoms with E-state index in [1.165, 1.54) is 6.42 Å². The molecule has 0 amide bonds. The zero-order chi connectivity index (χ0) is 17.5. The molecule has 7 heteroatoms. The quantitative estimate of drug-likeness (QED) is 0.820. The Bertz CT molecular complexity index is 853. The van der Waals surface area contributed by atoms with E-state index in [1.807, 2.05) is 11.8 Å². The number of oxazole rings is 1. The minimum absolute atomic E-state index is 0.0354. The first-order valence-electron chi connectivity index (χ1n) is 9.65. The molecule has 2 aromatic rings. The molecule has 0 radical (unpaired) electrons. The van der Waals surface area contributed by atoms with Gasteiger partial charge in [-0.25, -0.2) is 9.67 Å². The van der Waals surface area contributed by atoms with Crippen LogP contribution in [-0.2, 0) is 38.1 Å². The van der Waals surface area contributed by atoms with Crippen molar-refractivity contribution in [2.45, 2.75) is 63.4 Å². The van der Waals surface area contributed by atoms with E-state index in [0.717, 1.165) is 85.3 Å². The summed E-state index contributed by atoms with van der Waals surface area (Å²) in [6, 6.07) is 2.13. The first-order chi connectivity index (χ1) is 12.8. The van der Waals surface area contributed by atoms with E-state index in [4.69, 9.17) is 4.42 Å². The van der Waals surface area contributed by atoms with Crippen molar-refractivity contribution in [3.63, 3.8) is 0 Å². The number of thioether (sulfide) groups is 1. The number of aromatic nitrogens is 3. The summed E-state index contributed by atoms with van der Waals surface area (Å²) >= 11 is 1.88. The molecule has 1 atom stereocenters. The van der Waals surface area contributed by atoms with Crippen molar-refractivity contribution in [3.05, 3.63) is 45.0 Å². The van der Waals surface area contributed by atoms with E-state index >= 15 is 0 Å². The Kier molecular flexibility index (Phi) is 4.36. The molecule has 4 heterocycles. The number of nitrogens with zero attached hydrogens (tertiary/aromatic N) is 4. The molecule has 5 rings (SSSR count). The maximum absolute atomic E-state index is 12.5. The van der Waals surface area contributed by atoms with Crippen molar-refractivity contribution in [2.24, 2.45) is 0 Å². The second-order valence-electron chi connectivity index (χ2n) is 7.54. The number of fused-ring (bicyclic) bond motifs is 2. The Morgan fingerprint density at radius 2 is 2.19 bits per heavy atom. The average molecular weight is 372 g/mol. The lowest BCUT2D eigenvalue weighted by Gasteiger charge is -2.24. The lowest BCUT2D eigenvalue weighted by atomic mass is 10.2. The van der Waals surface area contributed by atoms with Crippen molar-refractivity contribution < 1.29 is 4.42 Å². The molecule has 1 aliphatic carbocycles. The van der Waals surface area contributed by atoms with Gasteiger partial charge in [-0.2, -0.15) is 16.9 Å². The summed E-state index contributed by atoms with van der Waals surface area (Å²) in [7, 11) is 0. The highest BCUT2D eigenvalue weighted by Gasteiger charge is 2.28. The number of hydrogen-bond donors (Lipinski definition) is 0. The SMILES string of the molecule is O=c1cc2c(nn1CC1CCCN1Cc1nc3c(o1)CCC3)CCSC2. The normalized spacial score (nSPS) is 22.5. The molecule has 138 valence electrons. The topological polar surface area (TPSA) is 64.2 Å². The summed E-state index contributed by atoms with van der Waals surface area (Å²) in [6.45, 7) is 2.45. The monoisotopic (exact) mass is 372 g/mol. The Morgan fingerprint density at radius 3 is 3.12 bits per heavy atom. The molecule has 26 heavy (non-hydrogen) atoms. The molecule has 2 aromatic heterocycles. The molecule has 6 nitrogen and oxygen atoms in total. The Balaban J connectivity index is 1.32. The van der Waals surface area contributed by atoms with Crippen LogP contribution in [0.25, 0.3) is 0 Å². The fourth-order valence-corrected chi connectivity index (χ4v) is 5.33. The number of hydrogen-bond acceptors (Lipinski definition) is 6. The highest BCUT2D eigenvalue weighted by molar-refractivity contribution is 7.98. The number of rotatable bonds is 4. The average Bonchev–Trinajstić information content (AvgIpc) is 3.33. The summed E-state index contributed by atoms with van der Waals surface area (Å²) in [5.41, 5.74) is 3.42. The number of aryl methyl sites for hydroxylation is 3. The summed E-state index contributed by atoms with van der Waals surface area (Å²) in [5.74, 6) is 3.94. The second kappa shape index (κ2) is 6.85. The van der Waals surface area contributed by atoms with Crippen LogP contribution < -0.4 is 5.56 Å². The third-order valence-corrected chi connectivity index (χ3v) is 6.77. The maximum atomic E-state index is 12.5. The van der Waals surface area contributed by atoms with Crippen molar-refractivity contribution in [1.82, 2.24) is 19.7 Å². The fraction of sp³-hybridized carbons (Fsp3) is 0.632. The lowest BCUT2D eigenvalue weighted by molar-refractivity contribution is 0.196. The van der Waals surface area contributed by atoms with Gasteiger partial charge in [0.2, 0.25) is 5.89 Å². The molecular weight excluding hydrogens is 348 g/mol. The van der Waals surface area contributed by atoms with E-state index < -0.39 is 0 Å². The molecular formula is C19H24N4O2S. The van der Waals surface area contributed by atoms with Gasteiger partial charge >= 0.3 is 0 Å². The predicted octanol–water partition coefficient (Wildman–Crippen LogP) is 2.17. The molecule has 2 aliphatic heterocycles. The van der Waals surface area contributed by atoms with Crippen LogP contribution in [0.1, 0.15) is 47.9 Å².